The third-order valence-electron chi connectivity index (χ3n) is 4.07. The molecule has 0 aromatic carbocycles. The molecule has 1 fully saturated rings. The molecule has 120 valence electrons. The normalized spacial score (nSPS) is 15.9. The molecule has 9 heteroatoms. The summed E-state index contributed by atoms with van der Waals surface area (Å²) in [6.45, 7) is 3.28. The van der Waals surface area contributed by atoms with Crippen LogP contribution in [0.1, 0.15) is 37.1 Å². The number of nitrogens with zero attached hydrogens (tertiary/aromatic N) is 3. The molecule has 1 aliphatic carbocycles. The first-order chi connectivity index (χ1) is 10.3. The van der Waals surface area contributed by atoms with E-state index in [1.54, 1.807) is 6.92 Å². The van der Waals surface area contributed by atoms with Gasteiger partial charge in [-0.3, -0.25) is 19.6 Å². The van der Waals surface area contributed by atoms with Gasteiger partial charge >= 0.3 is 11.7 Å². The second-order valence-corrected chi connectivity index (χ2v) is 5.54. The van der Waals surface area contributed by atoms with E-state index < -0.39 is 22.3 Å². The number of hydrogen-bond donors (Lipinski definition) is 2. The molecule has 0 saturated heterocycles. The standard InChI is InChI=1S/C13H18N4O5/c1-8-11(17(21)22)9(2)16(15-8)7-4-10(18)14-13(12(19)20)5-3-6-13/h3-7H2,1-2H3,(H,14,18)(H,19,20). The Morgan fingerprint density at radius 2 is 2.09 bits per heavy atom. The second kappa shape index (κ2) is 5.74. The lowest BCUT2D eigenvalue weighted by atomic mass is 9.76. The van der Waals surface area contributed by atoms with Crippen molar-refractivity contribution in [2.75, 3.05) is 0 Å². The van der Waals surface area contributed by atoms with Crippen LogP contribution in [0.2, 0.25) is 0 Å². The van der Waals surface area contributed by atoms with Gasteiger partial charge < -0.3 is 10.4 Å². The molecule has 1 aromatic rings. The van der Waals surface area contributed by atoms with Crippen molar-refractivity contribution in [3.63, 3.8) is 0 Å². The number of carboxylic acid groups (broad SMARTS) is 1. The predicted octanol–water partition coefficient (Wildman–Crippen LogP) is 0.922. The largest absolute Gasteiger partial charge is 0.480 e. The molecule has 0 aliphatic heterocycles. The van der Waals surface area contributed by atoms with E-state index in [9.17, 15) is 19.7 Å². The molecule has 1 aliphatic rings. The Bertz CT molecular complexity index is 633. The summed E-state index contributed by atoms with van der Waals surface area (Å²) < 4.78 is 1.40. The third kappa shape index (κ3) is 2.78. The van der Waals surface area contributed by atoms with E-state index in [-0.39, 0.29) is 18.7 Å². The molecule has 0 unspecified atom stereocenters. The number of carbonyl (C=O) groups is 2. The van der Waals surface area contributed by atoms with Crippen LogP contribution in [0.25, 0.3) is 0 Å². The Morgan fingerprint density at radius 1 is 1.45 bits per heavy atom. The van der Waals surface area contributed by atoms with Gasteiger partial charge in [-0.1, -0.05) is 0 Å². The topological polar surface area (TPSA) is 127 Å². The van der Waals surface area contributed by atoms with E-state index >= 15 is 0 Å². The summed E-state index contributed by atoms with van der Waals surface area (Å²) in [5.41, 5.74) is -0.518. The fourth-order valence-corrected chi connectivity index (χ4v) is 2.63. The summed E-state index contributed by atoms with van der Waals surface area (Å²) in [6.07, 6.45) is 1.66. The lowest BCUT2D eigenvalue weighted by Gasteiger charge is -2.38. The van der Waals surface area contributed by atoms with Crippen LogP contribution in [-0.2, 0) is 16.1 Å². The zero-order valence-corrected chi connectivity index (χ0v) is 12.5. The number of aryl methyl sites for hydroxylation is 2. The zero-order valence-electron chi connectivity index (χ0n) is 12.5. The summed E-state index contributed by atoms with van der Waals surface area (Å²) >= 11 is 0. The first kappa shape index (κ1) is 15.9. The summed E-state index contributed by atoms with van der Waals surface area (Å²) in [5, 5.41) is 26.7. The van der Waals surface area contributed by atoms with E-state index in [4.69, 9.17) is 5.11 Å². The lowest BCUT2D eigenvalue weighted by molar-refractivity contribution is -0.386. The number of carboxylic acids is 1. The zero-order chi connectivity index (χ0) is 16.5. The van der Waals surface area contributed by atoms with Crippen LogP contribution in [0.5, 0.6) is 0 Å². The van der Waals surface area contributed by atoms with Crippen molar-refractivity contribution in [3.05, 3.63) is 21.5 Å². The van der Waals surface area contributed by atoms with Crippen molar-refractivity contribution < 1.29 is 19.6 Å². The number of hydrogen-bond acceptors (Lipinski definition) is 5. The van der Waals surface area contributed by atoms with Crippen LogP contribution in [0.4, 0.5) is 5.69 Å². The molecule has 22 heavy (non-hydrogen) atoms. The summed E-state index contributed by atoms with van der Waals surface area (Å²) in [4.78, 5) is 33.5. The number of nitrogens with one attached hydrogen (secondary N) is 1. The first-order valence-corrected chi connectivity index (χ1v) is 6.99. The maximum atomic E-state index is 11.9. The number of rotatable bonds is 6. The first-order valence-electron chi connectivity index (χ1n) is 6.99. The van der Waals surface area contributed by atoms with E-state index in [1.807, 2.05) is 0 Å². The van der Waals surface area contributed by atoms with Gasteiger partial charge in [-0.15, -0.1) is 0 Å². The van der Waals surface area contributed by atoms with Crippen molar-refractivity contribution in [2.45, 2.75) is 51.6 Å². The number of amides is 1. The van der Waals surface area contributed by atoms with Crippen molar-refractivity contribution in [2.24, 2.45) is 0 Å². The van der Waals surface area contributed by atoms with Gasteiger partial charge in [-0.2, -0.15) is 5.10 Å². The summed E-state index contributed by atoms with van der Waals surface area (Å²) in [7, 11) is 0. The summed E-state index contributed by atoms with van der Waals surface area (Å²) in [6, 6.07) is 0. The maximum Gasteiger partial charge on any atom is 0.329 e. The fourth-order valence-electron chi connectivity index (χ4n) is 2.63. The Balaban J connectivity index is 1.99. The monoisotopic (exact) mass is 310 g/mol. The van der Waals surface area contributed by atoms with E-state index in [2.05, 4.69) is 10.4 Å². The molecular weight excluding hydrogens is 292 g/mol. The quantitative estimate of drug-likeness (QED) is 0.594. The van der Waals surface area contributed by atoms with E-state index in [1.165, 1.54) is 11.6 Å². The van der Waals surface area contributed by atoms with Crippen molar-refractivity contribution in [3.8, 4) is 0 Å². The van der Waals surface area contributed by atoms with Gasteiger partial charge in [0.15, 0.2) is 0 Å². The average Bonchev–Trinajstić information content (AvgIpc) is 2.65. The third-order valence-corrected chi connectivity index (χ3v) is 4.07. The molecule has 2 N–H and O–H groups in total. The smallest absolute Gasteiger partial charge is 0.329 e. The Hall–Kier alpha value is -2.45. The number of nitro groups is 1. The van der Waals surface area contributed by atoms with Gasteiger partial charge in [-0.05, 0) is 33.1 Å². The molecule has 1 aromatic heterocycles. The van der Waals surface area contributed by atoms with Crippen LogP contribution in [0.15, 0.2) is 0 Å². The van der Waals surface area contributed by atoms with Crippen LogP contribution in [0, 0.1) is 24.0 Å². The highest BCUT2D eigenvalue weighted by Crippen LogP contribution is 2.32. The molecule has 0 spiro atoms. The summed E-state index contributed by atoms with van der Waals surface area (Å²) in [5.74, 6) is -1.41. The molecule has 2 rings (SSSR count). The Kier molecular flexibility index (Phi) is 4.16. The van der Waals surface area contributed by atoms with E-state index in [0.717, 1.165) is 6.42 Å². The van der Waals surface area contributed by atoms with Gasteiger partial charge in [0.1, 0.15) is 16.9 Å². The van der Waals surface area contributed by atoms with Gasteiger partial charge in [-0.25, -0.2) is 4.79 Å². The lowest BCUT2D eigenvalue weighted by Crippen LogP contribution is -2.59. The van der Waals surface area contributed by atoms with Gasteiger partial charge in [0.05, 0.1) is 11.5 Å². The van der Waals surface area contributed by atoms with Crippen molar-refractivity contribution in [1.82, 2.24) is 15.1 Å². The van der Waals surface area contributed by atoms with Gasteiger partial charge in [0.2, 0.25) is 5.91 Å². The molecule has 1 heterocycles. The minimum absolute atomic E-state index is 0.0220. The molecule has 0 atom stereocenters. The number of carbonyl (C=O) groups excluding carboxylic acids is 1. The highest BCUT2D eigenvalue weighted by molar-refractivity contribution is 5.87. The predicted molar refractivity (Wildman–Crippen MR) is 75.3 cm³/mol. The minimum Gasteiger partial charge on any atom is -0.480 e. The molecule has 0 radical (unpaired) electrons. The molecule has 1 saturated carbocycles. The SMILES string of the molecule is Cc1nn(CCC(=O)NC2(C(=O)O)CCC2)c(C)c1[N+](=O)[O-]. The van der Waals surface area contributed by atoms with Crippen LogP contribution in [0.3, 0.4) is 0 Å². The maximum absolute atomic E-state index is 11.9. The molecule has 0 bridgehead atoms. The molecule has 9 nitrogen and oxygen atoms in total. The van der Waals surface area contributed by atoms with Gasteiger partial charge in [0, 0.05) is 6.42 Å². The number of aromatic nitrogens is 2. The van der Waals surface area contributed by atoms with Crippen LogP contribution in [-0.4, -0.2) is 37.2 Å². The number of aliphatic carboxylic acids is 1. The van der Waals surface area contributed by atoms with E-state index in [0.29, 0.717) is 24.2 Å². The van der Waals surface area contributed by atoms with Gasteiger partial charge in [0.25, 0.3) is 0 Å². The molecular formula is C13H18N4O5. The second-order valence-electron chi connectivity index (χ2n) is 5.54. The molecule has 1 amide bonds. The average molecular weight is 310 g/mol. The minimum atomic E-state index is -1.14. The van der Waals surface area contributed by atoms with Crippen molar-refractivity contribution in [1.29, 1.82) is 0 Å². The Morgan fingerprint density at radius 3 is 2.50 bits per heavy atom. The Labute approximate surface area is 126 Å². The highest BCUT2D eigenvalue weighted by atomic mass is 16.6. The fraction of sp³-hybridized carbons (Fsp3) is 0.615. The van der Waals surface area contributed by atoms with Crippen LogP contribution < -0.4 is 5.32 Å². The van der Waals surface area contributed by atoms with Crippen molar-refractivity contribution >= 4 is 17.6 Å². The highest BCUT2D eigenvalue weighted by Gasteiger charge is 2.45. The van der Waals surface area contributed by atoms with Crippen LogP contribution >= 0.6 is 0 Å².